The Morgan fingerprint density at radius 2 is 1.67 bits per heavy atom. The Morgan fingerprint density at radius 3 is 2.29 bits per heavy atom. The Labute approximate surface area is 152 Å². The molecule has 0 aliphatic heterocycles. The van der Waals surface area contributed by atoms with Gasteiger partial charge in [0, 0.05) is 10.7 Å². The molecule has 0 saturated carbocycles. The van der Waals surface area contributed by atoms with Crippen molar-refractivity contribution in [3.05, 3.63) is 57.0 Å². The summed E-state index contributed by atoms with van der Waals surface area (Å²) in [6, 6.07) is 9.31. The van der Waals surface area contributed by atoms with Crippen LogP contribution in [-0.4, -0.2) is 18.4 Å². The fraction of sp³-hybridized carbons (Fsp3) is 0.0667. The van der Waals surface area contributed by atoms with E-state index >= 15 is 0 Å². The maximum Gasteiger partial charge on any atom is 0.276 e. The Hall–Kier alpha value is -2.15. The van der Waals surface area contributed by atoms with Crippen LogP contribution in [0, 0.1) is 0 Å². The van der Waals surface area contributed by atoms with E-state index in [4.69, 9.17) is 45.3 Å². The van der Waals surface area contributed by atoms with E-state index in [9.17, 15) is 9.59 Å². The molecule has 0 aliphatic rings. The van der Waals surface area contributed by atoms with Crippen molar-refractivity contribution in [1.82, 2.24) is 10.9 Å². The number of nitrogen functional groups attached to an aromatic ring is 1. The summed E-state index contributed by atoms with van der Waals surface area (Å²) in [5.41, 5.74) is 10.6. The van der Waals surface area contributed by atoms with Gasteiger partial charge in [-0.05, 0) is 24.3 Å². The largest absolute Gasteiger partial charge is 0.481 e. The van der Waals surface area contributed by atoms with Gasteiger partial charge in [-0.15, -0.1) is 0 Å². The van der Waals surface area contributed by atoms with Crippen LogP contribution in [-0.2, 0) is 4.79 Å². The predicted octanol–water partition coefficient (Wildman–Crippen LogP) is 3.07. The van der Waals surface area contributed by atoms with Gasteiger partial charge >= 0.3 is 0 Å². The lowest BCUT2D eigenvalue weighted by molar-refractivity contribution is -0.123. The monoisotopic (exact) mass is 387 g/mol. The summed E-state index contributed by atoms with van der Waals surface area (Å²) in [5.74, 6) is -1.04. The number of nitrogens with two attached hydrogens (primary N) is 1. The zero-order valence-electron chi connectivity index (χ0n) is 12.1. The second-order valence-corrected chi connectivity index (χ2v) is 5.83. The molecule has 2 amide bonds. The average Bonchev–Trinajstić information content (AvgIpc) is 2.52. The van der Waals surface area contributed by atoms with E-state index < -0.39 is 18.4 Å². The number of ether oxygens (including phenoxy) is 1. The number of hydrogen-bond donors (Lipinski definition) is 3. The van der Waals surface area contributed by atoms with Crippen LogP contribution in [0.3, 0.4) is 0 Å². The first kappa shape index (κ1) is 18.2. The lowest BCUT2D eigenvalue weighted by Crippen LogP contribution is -2.44. The molecular weight excluding hydrogens is 377 g/mol. The number of carbonyl (C=O) groups excluding carboxylic acids is 2. The number of amides is 2. The molecule has 0 atom stereocenters. The van der Waals surface area contributed by atoms with Gasteiger partial charge in [0.1, 0.15) is 0 Å². The molecule has 2 aromatic carbocycles. The molecular formula is C15H12Cl3N3O3. The van der Waals surface area contributed by atoms with Crippen LogP contribution in [0.5, 0.6) is 5.75 Å². The highest BCUT2D eigenvalue weighted by atomic mass is 35.5. The molecule has 0 unspecified atom stereocenters. The number of carbonyl (C=O) groups is 2. The molecule has 0 heterocycles. The van der Waals surface area contributed by atoms with E-state index in [2.05, 4.69) is 10.9 Å². The highest BCUT2D eigenvalue weighted by Gasteiger charge is 2.13. The summed E-state index contributed by atoms with van der Waals surface area (Å²) in [4.78, 5) is 23.6. The smallest absolute Gasteiger partial charge is 0.276 e. The van der Waals surface area contributed by atoms with Crippen LogP contribution >= 0.6 is 34.8 Å². The lowest BCUT2D eigenvalue weighted by Gasteiger charge is -2.11. The number of nitrogens with one attached hydrogen (secondary N) is 2. The van der Waals surface area contributed by atoms with Crippen molar-refractivity contribution in [2.75, 3.05) is 12.3 Å². The summed E-state index contributed by atoms with van der Waals surface area (Å²) in [6.07, 6.45) is 0. The quantitative estimate of drug-likeness (QED) is 0.554. The zero-order valence-corrected chi connectivity index (χ0v) is 14.4. The van der Waals surface area contributed by atoms with Gasteiger partial charge in [-0.25, -0.2) is 0 Å². The third-order valence-electron chi connectivity index (χ3n) is 2.83. The van der Waals surface area contributed by atoms with Crippen molar-refractivity contribution < 1.29 is 14.3 Å². The van der Waals surface area contributed by atoms with Crippen molar-refractivity contribution in [3.63, 3.8) is 0 Å². The highest BCUT2D eigenvalue weighted by Crippen LogP contribution is 2.35. The normalized spacial score (nSPS) is 10.1. The van der Waals surface area contributed by atoms with Gasteiger partial charge in [-0.1, -0.05) is 46.9 Å². The number of rotatable bonds is 4. The van der Waals surface area contributed by atoms with Gasteiger partial charge in [-0.3, -0.25) is 20.4 Å². The number of halogens is 3. The first-order valence-electron chi connectivity index (χ1n) is 6.59. The summed E-state index contributed by atoms with van der Waals surface area (Å²) in [6.45, 7) is -0.411. The van der Waals surface area contributed by atoms with Gasteiger partial charge in [0.05, 0.1) is 15.6 Å². The minimum absolute atomic E-state index is 0.122. The average molecular weight is 389 g/mol. The molecule has 2 rings (SSSR count). The van der Waals surface area contributed by atoms with Gasteiger partial charge in [-0.2, -0.15) is 0 Å². The summed E-state index contributed by atoms with van der Waals surface area (Å²) >= 11 is 17.6. The molecule has 0 fully saturated rings. The van der Waals surface area contributed by atoms with E-state index in [0.29, 0.717) is 10.7 Å². The van der Waals surface area contributed by atoms with Crippen LogP contribution < -0.4 is 21.3 Å². The number of hydrazine groups is 1. The molecule has 0 saturated heterocycles. The Kier molecular flexibility index (Phi) is 6.14. The second-order valence-electron chi connectivity index (χ2n) is 4.58. The maximum atomic E-state index is 11.9. The van der Waals surface area contributed by atoms with E-state index in [0.717, 1.165) is 0 Å². The Bertz CT molecular complexity index is 761. The summed E-state index contributed by atoms with van der Waals surface area (Å²) in [5, 5.41) is 0.678. The van der Waals surface area contributed by atoms with Crippen molar-refractivity contribution in [1.29, 1.82) is 0 Å². The first-order valence-corrected chi connectivity index (χ1v) is 7.73. The molecule has 4 N–H and O–H groups in total. The minimum Gasteiger partial charge on any atom is -0.481 e. The molecule has 2 aromatic rings. The topological polar surface area (TPSA) is 93.5 Å². The first-order chi connectivity index (χ1) is 11.4. The van der Waals surface area contributed by atoms with Crippen LogP contribution in [0.2, 0.25) is 15.1 Å². The van der Waals surface area contributed by atoms with Crippen molar-refractivity contribution in [2.45, 2.75) is 0 Å². The van der Waals surface area contributed by atoms with Crippen molar-refractivity contribution in [2.24, 2.45) is 0 Å². The predicted molar refractivity (Wildman–Crippen MR) is 93.4 cm³/mol. The summed E-state index contributed by atoms with van der Waals surface area (Å²) in [7, 11) is 0. The van der Waals surface area contributed by atoms with E-state index in [1.807, 2.05) is 0 Å². The molecule has 0 spiro atoms. The summed E-state index contributed by atoms with van der Waals surface area (Å²) < 4.78 is 5.24. The second kappa shape index (κ2) is 8.10. The fourth-order valence-corrected chi connectivity index (χ4v) is 2.66. The van der Waals surface area contributed by atoms with Gasteiger partial charge in [0.2, 0.25) is 0 Å². The molecule has 0 aliphatic carbocycles. The van der Waals surface area contributed by atoms with E-state index in [1.165, 1.54) is 18.2 Å². The van der Waals surface area contributed by atoms with Crippen LogP contribution in [0.25, 0.3) is 0 Å². The van der Waals surface area contributed by atoms with Gasteiger partial charge < -0.3 is 10.5 Å². The number of hydrogen-bond acceptors (Lipinski definition) is 4. The molecule has 9 heteroatoms. The Morgan fingerprint density at radius 1 is 1.04 bits per heavy atom. The third-order valence-corrected chi connectivity index (χ3v) is 3.61. The SMILES string of the molecule is Nc1ccccc1C(=O)NNC(=O)COc1c(Cl)cc(Cl)cc1Cl. The number of anilines is 1. The van der Waals surface area contributed by atoms with E-state index in [1.54, 1.807) is 18.2 Å². The van der Waals surface area contributed by atoms with Crippen LogP contribution in [0.15, 0.2) is 36.4 Å². The molecule has 0 aromatic heterocycles. The standard InChI is InChI=1S/C15H12Cl3N3O3/c16-8-5-10(17)14(11(18)6-8)24-7-13(22)20-21-15(23)9-3-1-2-4-12(9)19/h1-6H,7,19H2,(H,20,22)(H,21,23). The van der Waals surface area contributed by atoms with Gasteiger partial charge in [0.15, 0.2) is 12.4 Å². The number of para-hydroxylation sites is 1. The lowest BCUT2D eigenvalue weighted by atomic mass is 10.2. The molecule has 6 nitrogen and oxygen atoms in total. The van der Waals surface area contributed by atoms with Crippen molar-refractivity contribution in [3.8, 4) is 5.75 Å². The van der Waals surface area contributed by atoms with Gasteiger partial charge in [0.25, 0.3) is 11.8 Å². The minimum atomic E-state index is -0.611. The van der Waals surface area contributed by atoms with E-state index in [-0.39, 0.29) is 21.4 Å². The van der Waals surface area contributed by atoms with Crippen LogP contribution in [0.4, 0.5) is 5.69 Å². The maximum absolute atomic E-state index is 11.9. The molecule has 126 valence electrons. The Balaban J connectivity index is 1.88. The van der Waals surface area contributed by atoms with Crippen molar-refractivity contribution >= 4 is 52.3 Å². The molecule has 0 radical (unpaired) electrons. The highest BCUT2D eigenvalue weighted by molar-refractivity contribution is 6.40. The molecule has 0 bridgehead atoms. The third kappa shape index (κ3) is 4.67. The zero-order chi connectivity index (χ0) is 17.7. The molecule has 24 heavy (non-hydrogen) atoms. The number of benzene rings is 2. The fourth-order valence-electron chi connectivity index (χ4n) is 1.74. The van der Waals surface area contributed by atoms with Crippen LogP contribution in [0.1, 0.15) is 10.4 Å².